The van der Waals surface area contributed by atoms with Crippen LogP contribution in [0, 0.1) is 0 Å². The number of amides is 1. The highest BCUT2D eigenvalue weighted by atomic mass is 32.2. The fourth-order valence-electron chi connectivity index (χ4n) is 1.96. The molecule has 0 aliphatic heterocycles. The fraction of sp³-hybridized carbons (Fsp3) is 0.643. The van der Waals surface area contributed by atoms with Crippen LogP contribution in [0.4, 0.5) is 0 Å². The van der Waals surface area contributed by atoms with Crippen molar-refractivity contribution >= 4 is 17.7 Å². The van der Waals surface area contributed by atoms with E-state index in [1.165, 1.54) is 0 Å². The summed E-state index contributed by atoms with van der Waals surface area (Å²) in [6, 6.07) is 0. The van der Waals surface area contributed by atoms with Crippen molar-refractivity contribution in [3.8, 4) is 5.88 Å². The Labute approximate surface area is 129 Å². The maximum Gasteiger partial charge on any atom is 0.258 e. The molecule has 1 amide bonds. The highest BCUT2D eigenvalue weighted by molar-refractivity contribution is 7.99. The molecule has 0 saturated heterocycles. The first-order valence-electron chi connectivity index (χ1n) is 7.18. The lowest BCUT2D eigenvalue weighted by Crippen LogP contribution is -2.32. The first kappa shape index (κ1) is 17.6. The monoisotopic (exact) mass is 313 g/mol. The lowest BCUT2D eigenvalue weighted by molar-refractivity contribution is -0.127. The van der Waals surface area contributed by atoms with Crippen LogP contribution in [0.3, 0.4) is 0 Å². The summed E-state index contributed by atoms with van der Waals surface area (Å²) in [7, 11) is 0. The Hall–Kier alpha value is -1.50. The molecule has 0 aromatic carbocycles. The van der Waals surface area contributed by atoms with E-state index in [-0.39, 0.29) is 34.2 Å². The van der Waals surface area contributed by atoms with Gasteiger partial charge in [0.05, 0.1) is 11.3 Å². The number of aromatic nitrogens is 2. The summed E-state index contributed by atoms with van der Waals surface area (Å²) in [4.78, 5) is 32.2. The van der Waals surface area contributed by atoms with Gasteiger partial charge in [-0.15, -0.1) is 0 Å². The third kappa shape index (κ3) is 4.49. The largest absolute Gasteiger partial charge is 0.493 e. The maximum atomic E-state index is 12.0. The lowest BCUT2D eigenvalue weighted by Gasteiger charge is -2.18. The predicted molar refractivity (Wildman–Crippen MR) is 83.9 cm³/mol. The summed E-state index contributed by atoms with van der Waals surface area (Å²) in [6.45, 7) is 8.94. The fourth-order valence-corrected chi connectivity index (χ4v) is 2.72. The van der Waals surface area contributed by atoms with E-state index in [2.05, 4.69) is 9.97 Å². The number of nitrogens with zero attached hydrogens (tertiary/aromatic N) is 2. The van der Waals surface area contributed by atoms with Gasteiger partial charge >= 0.3 is 0 Å². The molecular weight excluding hydrogens is 290 g/mol. The van der Waals surface area contributed by atoms with Gasteiger partial charge in [0.25, 0.3) is 5.56 Å². The van der Waals surface area contributed by atoms with Crippen molar-refractivity contribution in [3.05, 3.63) is 15.9 Å². The second kappa shape index (κ2) is 8.07. The van der Waals surface area contributed by atoms with Crippen molar-refractivity contribution in [2.45, 2.75) is 45.2 Å². The lowest BCUT2D eigenvalue weighted by atomic mass is 10.0. The Balaban J connectivity index is 2.83. The van der Waals surface area contributed by atoms with E-state index >= 15 is 0 Å². The molecule has 0 saturated carbocycles. The summed E-state index contributed by atoms with van der Waals surface area (Å²) in [5, 5.41) is 10.2. The quantitative estimate of drug-likeness (QED) is 0.593. The van der Waals surface area contributed by atoms with Gasteiger partial charge in [0.1, 0.15) is 0 Å². The standard InChI is InChI=1S/C14H23N3O3S/c1-5-9(4)11-12(19)15-14(16-13(11)20)21-8-10(18)17(6-2)7-3/h9H,5-8H2,1-4H3,(H2,15,16,19,20)/t9-/m1/s1. The summed E-state index contributed by atoms with van der Waals surface area (Å²) in [5.74, 6) is -0.131. The van der Waals surface area contributed by atoms with Gasteiger partial charge in [-0.1, -0.05) is 25.6 Å². The zero-order valence-electron chi connectivity index (χ0n) is 13.0. The van der Waals surface area contributed by atoms with Crippen molar-refractivity contribution in [1.82, 2.24) is 14.9 Å². The second-order valence-electron chi connectivity index (χ2n) is 4.77. The van der Waals surface area contributed by atoms with Crippen molar-refractivity contribution in [2.75, 3.05) is 18.8 Å². The highest BCUT2D eigenvalue weighted by Crippen LogP contribution is 2.24. The van der Waals surface area contributed by atoms with Crippen LogP contribution >= 0.6 is 11.8 Å². The number of aromatic amines is 1. The van der Waals surface area contributed by atoms with Gasteiger partial charge in [-0.3, -0.25) is 9.59 Å². The van der Waals surface area contributed by atoms with Gasteiger partial charge < -0.3 is 15.0 Å². The second-order valence-corrected chi connectivity index (χ2v) is 5.74. The molecule has 0 aliphatic rings. The number of hydrogen-bond acceptors (Lipinski definition) is 5. The molecule has 1 aromatic rings. The Morgan fingerprint density at radius 2 is 2.00 bits per heavy atom. The molecule has 7 heteroatoms. The summed E-state index contributed by atoms with van der Waals surface area (Å²) < 4.78 is 0. The first-order valence-corrected chi connectivity index (χ1v) is 8.16. The van der Waals surface area contributed by atoms with E-state index in [1.807, 2.05) is 27.7 Å². The normalized spacial score (nSPS) is 12.2. The molecule has 0 spiro atoms. The molecular formula is C14H23N3O3S. The molecule has 0 aliphatic carbocycles. The number of carbonyl (C=O) groups excluding carboxylic acids is 1. The van der Waals surface area contributed by atoms with Gasteiger partial charge in [0.2, 0.25) is 11.8 Å². The number of thioether (sulfide) groups is 1. The molecule has 1 aromatic heterocycles. The Morgan fingerprint density at radius 3 is 2.48 bits per heavy atom. The van der Waals surface area contributed by atoms with E-state index < -0.39 is 0 Å². The number of H-pyrrole nitrogens is 1. The minimum absolute atomic E-state index is 0.0156. The molecule has 2 N–H and O–H groups in total. The first-order chi connectivity index (χ1) is 9.94. The van der Waals surface area contributed by atoms with Crippen LogP contribution in [-0.4, -0.2) is 44.7 Å². The molecule has 1 atom stereocenters. The van der Waals surface area contributed by atoms with Crippen LogP contribution < -0.4 is 5.56 Å². The minimum Gasteiger partial charge on any atom is -0.493 e. The number of rotatable bonds is 7. The number of nitrogens with one attached hydrogen (secondary N) is 1. The van der Waals surface area contributed by atoms with Gasteiger partial charge in [0.15, 0.2) is 5.16 Å². The smallest absolute Gasteiger partial charge is 0.258 e. The molecule has 0 radical (unpaired) electrons. The zero-order chi connectivity index (χ0) is 16.0. The maximum absolute atomic E-state index is 12.0. The van der Waals surface area contributed by atoms with Crippen molar-refractivity contribution < 1.29 is 9.90 Å². The average Bonchev–Trinajstić information content (AvgIpc) is 2.45. The van der Waals surface area contributed by atoms with E-state index in [0.717, 1.165) is 18.2 Å². The summed E-state index contributed by atoms with van der Waals surface area (Å²) in [5.41, 5.74) is -0.0356. The molecule has 0 unspecified atom stereocenters. The summed E-state index contributed by atoms with van der Waals surface area (Å²) in [6.07, 6.45) is 0.741. The van der Waals surface area contributed by atoms with Crippen molar-refractivity contribution in [1.29, 1.82) is 0 Å². The van der Waals surface area contributed by atoms with Crippen molar-refractivity contribution in [3.63, 3.8) is 0 Å². The minimum atomic E-state index is -0.338. The van der Waals surface area contributed by atoms with Gasteiger partial charge in [-0.25, -0.2) is 0 Å². The Bertz CT molecular complexity index is 541. The number of hydrogen-bond donors (Lipinski definition) is 2. The topological polar surface area (TPSA) is 86.3 Å². The molecule has 6 nitrogen and oxygen atoms in total. The molecule has 0 fully saturated rings. The van der Waals surface area contributed by atoms with Crippen LogP contribution in [0.25, 0.3) is 0 Å². The van der Waals surface area contributed by atoms with Gasteiger partial charge in [-0.2, -0.15) is 4.98 Å². The molecule has 21 heavy (non-hydrogen) atoms. The van der Waals surface area contributed by atoms with Crippen LogP contribution in [0.1, 0.15) is 45.6 Å². The van der Waals surface area contributed by atoms with E-state index in [0.29, 0.717) is 18.7 Å². The SMILES string of the molecule is CC[C@@H](C)c1c(O)nc(SCC(=O)N(CC)CC)[nH]c1=O. The molecule has 0 bridgehead atoms. The third-order valence-corrected chi connectivity index (χ3v) is 4.33. The van der Waals surface area contributed by atoms with Crippen LogP contribution in [-0.2, 0) is 4.79 Å². The van der Waals surface area contributed by atoms with Crippen molar-refractivity contribution in [2.24, 2.45) is 0 Å². The van der Waals surface area contributed by atoms with Crippen LogP contribution in [0.5, 0.6) is 5.88 Å². The molecule has 118 valence electrons. The third-order valence-electron chi connectivity index (χ3n) is 3.47. The highest BCUT2D eigenvalue weighted by Gasteiger charge is 2.17. The molecule has 1 rings (SSSR count). The average molecular weight is 313 g/mol. The number of aromatic hydroxyl groups is 1. The molecule has 1 heterocycles. The van der Waals surface area contributed by atoms with Crippen LogP contribution in [0.15, 0.2) is 9.95 Å². The zero-order valence-corrected chi connectivity index (χ0v) is 13.8. The summed E-state index contributed by atoms with van der Waals surface area (Å²) >= 11 is 1.13. The van der Waals surface area contributed by atoms with E-state index in [1.54, 1.807) is 4.90 Å². The van der Waals surface area contributed by atoms with Crippen LogP contribution in [0.2, 0.25) is 0 Å². The van der Waals surface area contributed by atoms with Gasteiger partial charge in [0, 0.05) is 13.1 Å². The predicted octanol–water partition coefficient (Wildman–Crippen LogP) is 1.95. The van der Waals surface area contributed by atoms with E-state index in [9.17, 15) is 14.7 Å². The van der Waals surface area contributed by atoms with E-state index in [4.69, 9.17) is 0 Å². The number of carbonyl (C=O) groups is 1. The Morgan fingerprint density at radius 1 is 1.38 bits per heavy atom. The Kier molecular flexibility index (Phi) is 6.74. The van der Waals surface area contributed by atoms with Gasteiger partial charge in [-0.05, 0) is 26.2 Å².